The van der Waals surface area contributed by atoms with Gasteiger partial charge in [0.05, 0.1) is 5.69 Å². The maximum atomic E-state index is 13.4. The topological polar surface area (TPSA) is 204 Å². The van der Waals surface area contributed by atoms with Gasteiger partial charge < -0.3 is 40.3 Å². The molecule has 2 saturated heterocycles. The molecule has 4 rings (SSSR count). The van der Waals surface area contributed by atoms with Crippen LogP contribution in [0, 0.1) is 0 Å². The van der Waals surface area contributed by atoms with Crippen LogP contribution >= 0.6 is 0 Å². The van der Waals surface area contributed by atoms with E-state index in [1.807, 2.05) is 20.8 Å². The van der Waals surface area contributed by atoms with Crippen molar-refractivity contribution in [1.29, 1.82) is 0 Å². The zero-order chi connectivity index (χ0) is 34.3. The first-order valence-electron chi connectivity index (χ1n) is 15.4. The highest BCUT2D eigenvalue weighted by atomic mass is 16.5. The number of amides is 5. The maximum Gasteiger partial charge on any atom is 0.407 e. The lowest BCUT2D eigenvalue weighted by atomic mass is 10.1. The number of rotatable bonds is 11. The average Bonchev–Trinajstić information content (AvgIpc) is 3.69. The summed E-state index contributed by atoms with van der Waals surface area (Å²) in [6.45, 7) is 5.90. The number of carbonyl (C=O) groups excluding carboxylic acids is 4. The summed E-state index contributed by atoms with van der Waals surface area (Å²) in [5.41, 5.74) is -0.0903. The number of benzene rings is 1. The molecular formula is C31H41N7O9. The summed E-state index contributed by atoms with van der Waals surface area (Å²) in [7, 11) is 0. The molecule has 1 aromatic heterocycles. The second kappa shape index (κ2) is 15.0. The number of hydrogen-bond donors (Lipinski definition) is 4. The van der Waals surface area contributed by atoms with Crippen LogP contribution in [0.5, 0.6) is 5.88 Å². The minimum absolute atomic E-state index is 0.0581. The molecule has 0 aliphatic carbocycles. The van der Waals surface area contributed by atoms with Crippen molar-refractivity contribution in [3.8, 4) is 11.6 Å². The number of carbonyl (C=O) groups is 6. The van der Waals surface area contributed by atoms with Crippen molar-refractivity contribution in [2.24, 2.45) is 0 Å². The first kappa shape index (κ1) is 34.7. The van der Waals surface area contributed by atoms with Crippen LogP contribution in [0.2, 0.25) is 0 Å². The van der Waals surface area contributed by atoms with Crippen LogP contribution in [0.3, 0.4) is 0 Å². The fourth-order valence-electron chi connectivity index (χ4n) is 5.44. The van der Waals surface area contributed by atoms with Gasteiger partial charge in [0.15, 0.2) is 12.3 Å². The Balaban J connectivity index is 1.50. The molecule has 0 spiro atoms. The first-order chi connectivity index (χ1) is 22.2. The van der Waals surface area contributed by atoms with Crippen LogP contribution in [0.4, 0.5) is 4.79 Å². The van der Waals surface area contributed by atoms with E-state index in [9.17, 15) is 39.0 Å². The molecule has 4 N–H and O–H groups in total. The molecule has 16 nitrogen and oxygen atoms in total. The summed E-state index contributed by atoms with van der Waals surface area (Å²) in [6.07, 6.45) is -0.510. The molecular weight excluding hydrogens is 614 g/mol. The van der Waals surface area contributed by atoms with E-state index in [4.69, 9.17) is 4.74 Å². The van der Waals surface area contributed by atoms with Gasteiger partial charge in [-0.3, -0.25) is 24.0 Å². The zero-order valence-corrected chi connectivity index (χ0v) is 26.7. The average molecular weight is 656 g/mol. The van der Waals surface area contributed by atoms with Crippen molar-refractivity contribution in [2.45, 2.75) is 64.1 Å². The first-order valence-corrected chi connectivity index (χ1v) is 15.4. The van der Waals surface area contributed by atoms with E-state index in [1.165, 1.54) is 25.4 Å². The molecule has 0 bridgehead atoms. The molecule has 2 fully saturated rings. The normalized spacial score (nSPS) is 17.2. The van der Waals surface area contributed by atoms with Gasteiger partial charge in [-0.2, -0.15) is 5.10 Å². The van der Waals surface area contributed by atoms with Crippen LogP contribution in [0.15, 0.2) is 36.4 Å². The number of ether oxygens (including phenoxy) is 1. The Labute approximate surface area is 271 Å². The smallest absolute Gasteiger partial charge is 0.407 e. The quantitative estimate of drug-likeness (QED) is 0.270. The Morgan fingerprint density at radius 3 is 2.26 bits per heavy atom. The number of carboxylic acid groups (broad SMARTS) is 2. The molecule has 47 heavy (non-hydrogen) atoms. The second-order valence-electron chi connectivity index (χ2n) is 12.4. The lowest BCUT2D eigenvalue weighted by Crippen LogP contribution is -2.55. The van der Waals surface area contributed by atoms with Gasteiger partial charge in [0, 0.05) is 50.7 Å². The molecule has 0 radical (unpaired) electrons. The Kier molecular flexibility index (Phi) is 11.1. The van der Waals surface area contributed by atoms with E-state index >= 15 is 0 Å². The minimum Gasteiger partial charge on any atom is -0.481 e. The molecule has 2 aliphatic rings. The highest BCUT2D eigenvalue weighted by molar-refractivity contribution is 5.96. The third kappa shape index (κ3) is 9.20. The Hall–Kier alpha value is -5.15. The predicted octanol–water partition coefficient (Wildman–Crippen LogP) is 0.942. The van der Waals surface area contributed by atoms with Crippen molar-refractivity contribution in [2.75, 3.05) is 39.3 Å². The molecule has 16 heteroatoms. The summed E-state index contributed by atoms with van der Waals surface area (Å²) >= 11 is 0. The summed E-state index contributed by atoms with van der Waals surface area (Å²) in [5.74, 6) is -3.06. The standard InChI is InChI=1S/C31H41N7O9/c1-31(2,3)33-28(43)23-10-7-13-37(23)24(39)19-47-25-18-22(34-38(25)20-8-5-4-6-9-20)27(42)32-21(11-12-26(40)41)29(44)35-14-16-36(17-15-35)30(45)46/h4-6,8-9,18,21,23H,7,10-17,19H2,1-3H3,(H,32,42)(H,33,43)(H,40,41)(H,45,46)/t21-,23-/m0/s1. The number of para-hydroxylation sites is 1. The van der Waals surface area contributed by atoms with Crippen LogP contribution in [0.1, 0.15) is 56.9 Å². The van der Waals surface area contributed by atoms with Crippen molar-refractivity contribution in [3.63, 3.8) is 0 Å². The lowest BCUT2D eigenvalue weighted by Gasteiger charge is -2.35. The van der Waals surface area contributed by atoms with Crippen molar-refractivity contribution in [3.05, 3.63) is 42.1 Å². The predicted molar refractivity (Wildman–Crippen MR) is 166 cm³/mol. The Morgan fingerprint density at radius 1 is 0.979 bits per heavy atom. The van der Waals surface area contributed by atoms with Crippen molar-refractivity contribution >= 4 is 35.7 Å². The summed E-state index contributed by atoms with van der Waals surface area (Å²) < 4.78 is 7.20. The second-order valence-corrected chi connectivity index (χ2v) is 12.4. The third-order valence-electron chi connectivity index (χ3n) is 7.74. The minimum atomic E-state index is -1.21. The van der Waals surface area contributed by atoms with Gasteiger partial charge in [-0.15, -0.1) is 0 Å². The number of aromatic nitrogens is 2. The van der Waals surface area contributed by atoms with Crippen molar-refractivity contribution in [1.82, 2.24) is 35.1 Å². The molecule has 2 aromatic rings. The zero-order valence-electron chi connectivity index (χ0n) is 26.7. The molecule has 2 aliphatic heterocycles. The van der Waals surface area contributed by atoms with Crippen LogP contribution in [0.25, 0.3) is 5.69 Å². The lowest BCUT2D eigenvalue weighted by molar-refractivity contribution is -0.140. The Morgan fingerprint density at radius 2 is 1.64 bits per heavy atom. The number of nitrogens with zero attached hydrogens (tertiary/aromatic N) is 5. The van der Waals surface area contributed by atoms with E-state index in [1.54, 1.807) is 30.3 Å². The van der Waals surface area contributed by atoms with Gasteiger partial charge in [0.25, 0.3) is 11.8 Å². The van der Waals surface area contributed by atoms with Gasteiger partial charge in [0.2, 0.25) is 17.7 Å². The highest BCUT2D eigenvalue weighted by Gasteiger charge is 2.36. The fourth-order valence-corrected chi connectivity index (χ4v) is 5.44. The SMILES string of the molecule is CC(C)(C)NC(=O)[C@@H]1CCCN1C(=O)COc1cc(C(=O)N[C@@H](CCC(=O)O)C(=O)N2CCN(C(=O)O)CC2)nn1-c1ccccc1. The number of aliphatic carboxylic acids is 1. The van der Waals surface area contributed by atoms with Gasteiger partial charge in [0.1, 0.15) is 12.1 Å². The highest BCUT2D eigenvalue weighted by Crippen LogP contribution is 2.22. The van der Waals surface area contributed by atoms with E-state index in [-0.39, 0.29) is 50.1 Å². The van der Waals surface area contributed by atoms with E-state index < -0.39 is 60.4 Å². The fraction of sp³-hybridized carbons (Fsp3) is 0.516. The third-order valence-corrected chi connectivity index (χ3v) is 7.74. The summed E-state index contributed by atoms with van der Waals surface area (Å²) in [6, 6.07) is 8.19. The van der Waals surface area contributed by atoms with E-state index in [0.29, 0.717) is 25.1 Å². The molecule has 1 aromatic carbocycles. The number of nitrogens with one attached hydrogen (secondary N) is 2. The number of piperazine rings is 1. The van der Waals surface area contributed by atoms with Gasteiger partial charge >= 0.3 is 12.1 Å². The van der Waals surface area contributed by atoms with Crippen LogP contribution < -0.4 is 15.4 Å². The van der Waals surface area contributed by atoms with Gasteiger partial charge in [-0.25, -0.2) is 9.48 Å². The molecule has 5 amide bonds. The van der Waals surface area contributed by atoms with E-state index in [2.05, 4.69) is 15.7 Å². The molecule has 0 unspecified atom stereocenters. The monoisotopic (exact) mass is 655 g/mol. The largest absolute Gasteiger partial charge is 0.481 e. The van der Waals surface area contributed by atoms with Crippen LogP contribution in [-0.4, -0.2) is 127 Å². The van der Waals surface area contributed by atoms with Crippen LogP contribution in [-0.2, 0) is 19.2 Å². The molecule has 3 heterocycles. The molecule has 2 atom stereocenters. The number of likely N-dealkylation sites (tertiary alicyclic amines) is 1. The van der Waals surface area contributed by atoms with Gasteiger partial charge in [-0.1, -0.05) is 18.2 Å². The summed E-state index contributed by atoms with van der Waals surface area (Å²) in [4.78, 5) is 79.5. The molecule has 254 valence electrons. The number of carboxylic acids is 1. The van der Waals surface area contributed by atoms with Crippen molar-refractivity contribution < 1.29 is 43.7 Å². The Bertz CT molecular complexity index is 1480. The van der Waals surface area contributed by atoms with Gasteiger partial charge in [-0.05, 0) is 52.2 Å². The maximum absolute atomic E-state index is 13.4. The number of hydrogen-bond acceptors (Lipinski definition) is 8. The molecule has 0 saturated carbocycles. The van der Waals surface area contributed by atoms with E-state index in [0.717, 1.165) is 0 Å². The summed E-state index contributed by atoms with van der Waals surface area (Å²) in [5, 5.41) is 28.3.